The fourth-order valence-electron chi connectivity index (χ4n) is 5.95. The van der Waals surface area contributed by atoms with Crippen molar-refractivity contribution in [1.82, 2.24) is 0 Å². The largest absolute Gasteiger partial charge is 0.393 e. The summed E-state index contributed by atoms with van der Waals surface area (Å²) in [6, 6.07) is 0. The molecular formula is C18H24O3. The minimum absolute atomic E-state index is 0.0210. The first-order valence-corrected chi connectivity index (χ1v) is 8.46. The molecule has 1 N–H and O–H groups in total. The van der Waals surface area contributed by atoms with E-state index in [1.54, 1.807) is 6.08 Å². The van der Waals surface area contributed by atoms with Gasteiger partial charge in [0.25, 0.3) is 0 Å². The summed E-state index contributed by atoms with van der Waals surface area (Å²) >= 11 is 0. The molecule has 0 saturated heterocycles. The van der Waals surface area contributed by atoms with E-state index < -0.39 is 0 Å². The summed E-state index contributed by atoms with van der Waals surface area (Å²) in [6.45, 7) is 2.23. The Bertz CT molecular complexity index is 535. The van der Waals surface area contributed by atoms with Gasteiger partial charge in [0.15, 0.2) is 11.6 Å². The molecule has 3 fully saturated rings. The van der Waals surface area contributed by atoms with E-state index in [9.17, 15) is 14.7 Å². The second-order valence-corrected chi connectivity index (χ2v) is 7.91. The van der Waals surface area contributed by atoms with Gasteiger partial charge >= 0.3 is 0 Å². The fourth-order valence-corrected chi connectivity index (χ4v) is 5.95. The van der Waals surface area contributed by atoms with Crippen molar-refractivity contribution in [2.45, 2.75) is 58.0 Å². The van der Waals surface area contributed by atoms with Gasteiger partial charge in [-0.05, 0) is 67.3 Å². The van der Waals surface area contributed by atoms with Gasteiger partial charge in [-0.2, -0.15) is 0 Å². The van der Waals surface area contributed by atoms with Crippen molar-refractivity contribution in [3.8, 4) is 0 Å². The van der Waals surface area contributed by atoms with Crippen LogP contribution in [0.3, 0.4) is 0 Å². The summed E-state index contributed by atoms with van der Waals surface area (Å²) in [6.07, 6.45) is 7.67. The molecule has 4 rings (SSSR count). The van der Waals surface area contributed by atoms with E-state index in [1.165, 1.54) is 0 Å². The minimum atomic E-state index is -0.191. The lowest BCUT2D eigenvalue weighted by Crippen LogP contribution is -2.49. The number of aliphatic hydroxyl groups excluding tert-OH is 1. The lowest BCUT2D eigenvalue weighted by Gasteiger charge is -2.52. The number of Topliss-reactive ketones (excluding diaryl/α,β-unsaturated/α-hetero) is 1. The maximum absolute atomic E-state index is 12.5. The molecule has 4 aliphatic carbocycles. The molecule has 0 amide bonds. The molecule has 3 saturated carbocycles. The highest BCUT2D eigenvalue weighted by molar-refractivity contribution is 6.05. The summed E-state index contributed by atoms with van der Waals surface area (Å²) in [5.74, 6) is 2.14. The summed E-state index contributed by atoms with van der Waals surface area (Å²) in [5.41, 5.74) is 0.849. The normalized spacial score (nSPS) is 49.2. The molecule has 0 aromatic rings. The summed E-state index contributed by atoms with van der Waals surface area (Å²) in [7, 11) is 0. The number of fused-ring (bicyclic) bond motifs is 5. The van der Waals surface area contributed by atoms with Gasteiger partial charge < -0.3 is 5.11 Å². The maximum atomic E-state index is 12.5. The van der Waals surface area contributed by atoms with Gasteiger partial charge in [-0.25, -0.2) is 0 Å². The van der Waals surface area contributed by atoms with Crippen molar-refractivity contribution in [2.75, 3.05) is 0 Å². The van der Waals surface area contributed by atoms with Crippen molar-refractivity contribution in [3.63, 3.8) is 0 Å². The predicted octanol–water partition coefficient (Wildman–Crippen LogP) is 2.67. The van der Waals surface area contributed by atoms with Gasteiger partial charge in [-0.3, -0.25) is 9.59 Å². The molecule has 4 aliphatic rings. The van der Waals surface area contributed by atoms with E-state index in [2.05, 4.69) is 6.92 Å². The first kappa shape index (κ1) is 13.7. The third kappa shape index (κ3) is 1.82. The summed E-state index contributed by atoms with van der Waals surface area (Å²) < 4.78 is 0. The number of carbonyl (C=O) groups is 2. The van der Waals surface area contributed by atoms with Crippen LogP contribution in [0, 0.1) is 29.1 Å². The minimum Gasteiger partial charge on any atom is -0.393 e. The molecular weight excluding hydrogens is 264 g/mol. The molecule has 0 aliphatic heterocycles. The van der Waals surface area contributed by atoms with Crippen LogP contribution >= 0.6 is 0 Å². The molecule has 0 spiro atoms. The molecule has 6 atom stereocenters. The van der Waals surface area contributed by atoms with Crippen LogP contribution in [0.5, 0.6) is 0 Å². The zero-order chi connectivity index (χ0) is 14.8. The zero-order valence-corrected chi connectivity index (χ0v) is 12.7. The monoisotopic (exact) mass is 288 g/mol. The Morgan fingerprint density at radius 1 is 1.14 bits per heavy atom. The summed E-state index contributed by atoms with van der Waals surface area (Å²) in [5, 5.41) is 10.4. The maximum Gasteiger partial charge on any atom is 0.159 e. The van der Waals surface area contributed by atoms with E-state index in [0.29, 0.717) is 36.5 Å². The molecule has 0 aromatic carbocycles. The fraction of sp³-hybridized carbons (Fsp3) is 0.778. The van der Waals surface area contributed by atoms with E-state index >= 15 is 0 Å². The van der Waals surface area contributed by atoms with Crippen LogP contribution in [0.1, 0.15) is 51.9 Å². The summed E-state index contributed by atoms with van der Waals surface area (Å²) in [4.78, 5) is 24.2. The molecule has 3 nitrogen and oxygen atoms in total. The highest BCUT2D eigenvalue weighted by Crippen LogP contribution is 2.61. The van der Waals surface area contributed by atoms with Gasteiger partial charge in [0.2, 0.25) is 0 Å². The number of rotatable bonds is 0. The van der Waals surface area contributed by atoms with E-state index in [-0.39, 0.29) is 23.1 Å². The Labute approximate surface area is 125 Å². The number of allylic oxidation sites excluding steroid dienone is 1. The second kappa shape index (κ2) is 4.52. The van der Waals surface area contributed by atoms with Crippen LogP contribution in [0.2, 0.25) is 0 Å². The number of aliphatic hydroxyl groups is 1. The van der Waals surface area contributed by atoms with Gasteiger partial charge in [0.05, 0.1) is 6.10 Å². The van der Waals surface area contributed by atoms with Crippen LogP contribution in [-0.4, -0.2) is 22.8 Å². The first-order chi connectivity index (χ1) is 10.0. The quantitative estimate of drug-likeness (QED) is 0.745. The van der Waals surface area contributed by atoms with Crippen molar-refractivity contribution < 1.29 is 14.7 Å². The smallest absolute Gasteiger partial charge is 0.159 e. The average molecular weight is 288 g/mol. The van der Waals surface area contributed by atoms with Crippen molar-refractivity contribution in [1.29, 1.82) is 0 Å². The van der Waals surface area contributed by atoms with Crippen LogP contribution < -0.4 is 0 Å². The molecule has 0 aromatic heterocycles. The van der Waals surface area contributed by atoms with Crippen LogP contribution in [0.4, 0.5) is 0 Å². The number of ketones is 2. The molecule has 21 heavy (non-hydrogen) atoms. The zero-order valence-electron chi connectivity index (χ0n) is 12.7. The van der Waals surface area contributed by atoms with Gasteiger partial charge in [-0.1, -0.05) is 6.92 Å². The molecule has 3 heteroatoms. The Hall–Kier alpha value is -0.960. The van der Waals surface area contributed by atoms with Crippen LogP contribution in [0.15, 0.2) is 11.6 Å². The Kier molecular flexibility index (Phi) is 2.94. The molecule has 0 radical (unpaired) electrons. The third-order valence-electron chi connectivity index (χ3n) is 7.12. The highest BCUT2D eigenvalue weighted by atomic mass is 16.3. The van der Waals surface area contributed by atoms with Crippen LogP contribution in [0.25, 0.3) is 0 Å². The van der Waals surface area contributed by atoms with Gasteiger partial charge in [0, 0.05) is 18.4 Å². The highest BCUT2D eigenvalue weighted by Gasteiger charge is 2.57. The SMILES string of the molecule is C[C@]12CC[C@H]3[C@@H](CC(=O)C4=CC(=O)CC[C@@H]43)[C@@H]1CC[C@@H]2O. The van der Waals surface area contributed by atoms with Crippen molar-refractivity contribution in [2.24, 2.45) is 29.1 Å². The lowest BCUT2D eigenvalue weighted by molar-refractivity contribution is -0.127. The number of carbonyl (C=O) groups excluding carboxylic acids is 2. The average Bonchev–Trinajstić information content (AvgIpc) is 2.76. The predicted molar refractivity (Wildman–Crippen MR) is 78.5 cm³/mol. The second-order valence-electron chi connectivity index (χ2n) is 7.91. The van der Waals surface area contributed by atoms with Gasteiger partial charge in [-0.15, -0.1) is 0 Å². The molecule has 0 heterocycles. The number of hydrogen-bond acceptors (Lipinski definition) is 3. The molecule has 0 bridgehead atoms. The van der Waals surface area contributed by atoms with E-state index in [0.717, 1.165) is 37.7 Å². The topological polar surface area (TPSA) is 54.4 Å². The third-order valence-corrected chi connectivity index (χ3v) is 7.12. The van der Waals surface area contributed by atoms with Crippen molar-refractivity contribution in [3.05, 3.63) is 11.6 Å². The first-order valence-electron chi connectivity index (χ1n) is 8.46. The van der Waals surface area contributed by atoms with E-state index in [4.69, 9.17) is 0 Å². The Morgan fingerprint density at radius 2 is 1.95 bits per heavy atom. The van der Waals surface area contributed by atoms with E-state index in [1.807, 2.05) is 0 Å². The number of hydrogen-bond donors (Lipinski definition) is 1. The van der Waals surface area contributed by atoms with Crippen LogP contribution in [-0.2, 0) is 9.59 Å². The van der Waals surface area contributed by atoms with Crippen molar-refractivity contribution >= 4 is 11.6 Å². The lowest BCUT2D eigenvalue weighted by atomic mass is 9.52. The Balaban J connectivity index is 1.69. The molecule has 114 valence electrons. The molecule has 0 unspecified atom stereocenters. The Morgan fingerprint density at radius 3 is 2.76 bits per heavy atom. The standard InChI is InChI=1S/C18H24O3/c1-18-7-6-12-11-3-2-10(19)8-14(11)16(20)9-13(12)15(18)4-5-17(18)21/h8,11-13,15,17,21H,2-7,9H2,1H3/t11-,12-,13-,15+,17+,18+/m1/s1. The van der Waals surface area contributed by atoms with Gasteiger partial charge in [0.1, 0.15) is 0 Å².